The second-order valence-electron chi connectivity index (χ2n) is 3.38. The third kappa shape index (κ3) is 3.14. The van der Waals surface area contributed by atoms with E-state index in [1.807, 2.05) is 12.3 Å². The van der Waals surface area contributed by atoms with Gasteiger partial charge in [-0.2, -0.15) is 0 Å². The molecule has 0 aliphatic carbocycles. The van der Waals surface area contributed by atoms with E-state index in [1.165, 1.54) is 11.8 Å². The van der Waals surface area contributed by atoms with Crippen molar-refractivity contribution in [3.05, 3.63) is 17.7 Å². The van der Waals surface area contributed by atoms with Gasteiger partial charge in [-0.3, -0.25) is 4.79 Å². The molecule has 0 spiro atoms. The number of hydrogen-bond donors (Lipinski definition) is 1. The Labute approximate surface area is 105 Å². The molecule has 0 aliphatic rings. The highest BCUT2D eigenvalue weighted by Gasteiger charge is 2.15. The van der Waals surface area contributed by atoms with E-state index in [0.29, 0.717) is 30.0 Å². The molecule has 0 saturated heterocycles. The second kappa shape index (κ2) is 6.51. The van der Waals surface area contributed by atoms with Crippen molar-refractivity contribution in [3.8, 4) is 11.5 Å². The summed E-state index contributed by atoms with van der Waals surface area (Å²) in [5.74, 6) is 1.24. The van der Waals surface area contributed by atoms with Crippen LogP contribution in [-0.2, 0) is 0 Å². The van der Waals surface area contributed by atoms with Crippen LogP contribution in [0.15, 0.2) is 17.0 Å². The highest BCUT2D eigenvalue weighted by molar-refractivity contribution is 7.98. The van der Waals surface area contributed by atoms with Gasteiger partial charge in [-0.25, -0.2) is 0 Å². The summed E-state index contributed by atoms with van der Waals surface area (Å²) in [7, 11) is 3.14. The van der Waals surface area contributed by atoms with Crippen molar-refractivity contribution < 1.29 is 14.3 Å². The van der Waals surface area contributed by atoms with Gasteiger partial charge in [-0.1, -0.05) is 0 Å². The average Bonchev–Trinajstić information content (AvgIpc) is 2.37. The molecule has 0 radical (unpaired) electrons. The minimum absolute atomic E-state index is 0.0174. The third-order valence-electron chi connectivity index (χ3n) is 2.36. The molecule has 0 heterocycles. The van der Waals surface area contributed by atoms with Crippen LogP contribution in [0, 0.1) is 0 Å². The highest BCUT2D eigenvalue weighted by Crippen LogP contribution is 2.38. The van der Waals surface area contributed by atoms with Gasteiger partial charge in [0.1, 0.15) is 0 Å². The number of benzene rings is 1. The van der Waals surface area contributed by atoms with Crippen LogP contribution in [0.25, 0.3) is 0 Å². The minimum Gasteiger partial charge on any atom is -0.493 e. The summed E-state index contributed by atoms with van der Waals surface area (Å²) in [6.07, 6.45) is 2.26. The lowest BCUT2D eigenvalue weighted by atomic mass is 10.1. The van der Waals surface area contributed by atoms with Crippen molar-refractivity contribution in [2.24, 2.45) is 5.73 Å². The molecule has 4 nitrogen and oxygen atoms in total. The zero-order chi connectivity index (χ0) is 12.8. The van der Waals surface area contributed by atoms with Crippen molar-refractivity contribution in [1.29, 1.82) is 0 Å². The molecule has 1 rings (SSSR count). The number of nitrogens with two attached hydrogens (primary N) is 1. The molecular formula is C12H17NO3S. The van der Waals surface area contributed by atoms with Gasteiger partial charge in [0.2, 0.25) is 0 Å². The number of ether oxygens (including phenoxy) is 2. The third-order valence-corrected chi connectivity index (χ3v) is 3.10. The van der Waals surface area contributed by atoms with Crippen LogP contribution < -0.4 is 15.2 Å². The fourth-order valence-corrected chi connectivity index (χ4v) is 2.13. The summed E-state index contributed by atoms with van der Waals surface area (Å²) in [5.41, 5.74) is 5.99. The smallest absolute Gasteiger partial charge is 0.174 e. The van der Waals surface area contributed by atoms with Gasteiger partial charge in [0, 0.05) is 12.0 Å². The Bertz CT molecular complexity index is 382. The number of hydrogen-bond acceptors (Lipinski definition) is 5. The molecule has 0 fully saturated rings. The number of ketones is 1. The van der Waals surface area contributed by atoms with Crippen molar-refractivity contribution in [3.63, 3.8) is 0 Å². The topological polar surface area (TPSA) is 61.5 Å². The van der Waals surface area contributed by atoms with Gasteiger partial charge in [-0.05, 0) is 24.9 Å². The Morgan fingerprint density at radius 2 is 2.06 bits per heavy atom. The van der Waals surface area contributed by atoms with E-state index in [2.05, 4.69) is 0 Å². The van der Waals surface area contributed by atoms with Crippen LogP contribution in [0.5, 0.6) is 11.5 Å². The van der Waals surface area contributed by atoms with E-state index in [4.69, 9.17) is 15.2 Å². The standard InChI is InChI=1S/C12H17NO3S/c1-15-10-6-8(9(14)4-5-13)7-11(17-3)12(10)16-2/h6-7H,4-5,13H2,1-3H3. The maximum atomic E-state index is 11.8. The summed E-state index contributed by atoms with van der Waals surface area (Å²) < 4.78 is 10.5. The zero-order valence-corrected chi connectivity index (χ0v) is 11.1. The Morgan fingerprint density at radius 1 is 1.35 bits per heavy atom. The van der Waals surface area contributed by atoms with Crippen LogP contribution in [0.1, 0.15) is 16.8 Å². The molecule has 5 heteroatoms. The fourth-order valence-electron chi connectivity index (χ4n) is 1.52. The Balaban J connectivity index is 3.22. The minimum atomic E-state index is 0.0174. The van der Waals surface area contributed by atoms with Gasteiger partial charge in [0.25, 0.3) is 0 Å². The number of carbonyl (C=O) groups excluding carboxylic acids is 1. The Kier molecular flexibility index (Phi) is 5.31. The summed E-state index contributed by atoms with van der Waals surface area (Å²) in [5, 5.41) is 0. The van der Waals surface area contributed by atoms with Crippen LogP contribution in [-0.4, -0.2) is 32.8 Å². The molecule has 94 valence electrons. The first kappa shape index (κ1) is 13.9. The Morgan fingerprint density at radius 3 is 2.53 bits per heavy atom. The van der Waals surface area contributed by atoms with Gasteiger partial charge < -0.3 is 15.2 Å². The summed E-state index contributed by atoms with van der Waals surface area (Å²) in [4.78, 5) is 12.7. The molecule has 0 saturated carbocycles. The maximum Gasteiger partial charge on any atom is 0.174 e. The molecule has 0 bridgehead atoms. The Hall–Kier alpha value is -1.20. The number of rotatable bonds is 6. The predicted molar refractivity (Wildman–Crippen MR) is 69.3 cm³/mol. The van der Waals surface area contributed by atoms with E-state index < -0.39 is 0 Å². The number of carbonyl (C=O) groups is 1. The molecule has 0 aromatic heterocycles. The van der Waals surface area contributed by atoms with Crippen molar-refractivity contribution in [1.82, 2.24) is 0 Å². The SMILES string of the molecule is COc1cc(C(=O)CCN)cc(SC)c1OC. The molecule has 2 N–H and O–H groups in total. The maximum absolute atomic E-state index is 11.8. The molecular weight excluding hydrogens is 238 g/mol. The average molecular weight is 255 g/mol. The van der Waals surface area contributed by atoms with Gasteiger partial charge in [-0.15, -0.1) is 11.8 Å². The van der Waals surface area contributed by atoms with Crippen molar-refractivity contribution in [2.45, 2.75) is 11.3 Å². The first-order valence-electron chi connectivity index (χ1n) is 5.21. The molecule has 1 aromatic rings. The monoisotopic (exact) mass is 255 g/mol. The van der Waals surface area contributed by atoms with Crippen LogP contribution in [0.3, 0.4) is 0 Å². The van der Waals surface area contributed by atoms with Crippen LogP contribution in [0.2, 0.25) is 0 Å². The largest absolute Gasteiger partial charge is 0.493 e. The van der Waals surface area contributed by atoms with E-state index in [9.17, 15) is 4.79 Å². The molecule has 0 amide bonds. The van der Waals surface area contributed by atoms with E-state index in [1.54, 1.807) is 20.3 Å². The molecule has 17 heavy (non-hydrogen) atoms. The molecule has 1 aromatic carbocycles. The predicted octanol–water partition coefficient (Wildman–Crippen LogP) is 1.96. The van der Waals surface area contributed by atoms with E-state index in [0.717, 1.165) is 4.90 Å². The first-order valence-corrected chi connectivity index (χ1v) is 6.43. The lowest BCUT2D eigenvalue weighted by molar-refractivity contribution is 0.0985. The van der Waals surface area contributed by atoms with E-state index >= 15 is 0 Å². The summed E-state index contributed by atoms with van der Waals surface area (Å²) in [6.45, 7) is 0.349. The highest BCUT2D eigenvalue weighted by atomic mass is 32.2. The number of methoxy groups -OCH3 is 2. The molecule has 0 unspecified atom stereocenters. The second-order valence-corrected chi connectivity index (χ2v) is 4.22. The molecule has 0 aliphatic heterocycles. The summed E-state index contributed by atoms with van der Waals surface area (Å²) in [6, 6.07) is 3.50. The van der Waals surface area contributed by atoms with Gasteiger partial charge in [0.15, 0.2) is 17.3 Å². The van der Waals surface area contributed by atoms with Crippen molar-refractivity contribution in [2.75, 3.05) is 27.0 Å². The van der Waals surface area contributed by atoms with Crippen LogP contribution in [0.4, 0.5) is 0 Å². The van der Waals surface area contributed by atoms with Crippen molar-refractivity contribution >= 4 is 17.5 Å². The number of Topliss-reactive ketones (excluding diaryl/α,β-unsaturated/α-hetero) is 1. The van der Waals surface area contributed by atoms with Gasteiger partial charge >= 0.3 is 0 Å². The summed E-state index contributed by atoms with van der Waals surface area (Å²) >= 11 is 1.51. The van der Waals surface area contributed by atoms with Crippen LogP contribution >= 0.6 is 11.8 Å². The lowest BCUT2D eigenvalue weighted by Crippen LogP contribution is -2.08. The quantitative estimate of drug-likeness (QED) is 0.622. The number of thioether (sulfide) groups is 1. The zero-order valence-electron chi connectivity index (χ0n) is 10.3. The first-order chi connectivity index (χ1) is 8.17. The van der Waals surface area contributed by atoms with E-state index in [-0.39, 0.29) is 5.78 Å². The lowest BCUT2D eigenvalue weighted by Gasteiger charge is -2.13. The normalized spacial score (nSPS) is 10.1. The fraction of sp³-hybridized carbons (Fsp3) is 0.417. The molecule has 0 atom stereocenters. The van der Waals surface area contributed by atoms with Gasteiger partial charge in [0.05, 0.1) is 19.1 Å².